The first-order valence-corrected chi connectivity index (χ1v) is 6.02. The smallest absolute Gasteiger partial charge is 0.481 e. The predicted octanol–water partition coefficient (Wildman–Crippen LogP) is 3.77. The SMILES string of the molecule is O=C(O)C(CCCCl)c1ccccc1OC(F)(F)F. The summed E-state index contributed by atoms with van der Waals surface area (Å²) in [5.74, 6) is -2.52. The Morgan fingerprint density at radius 3 is 2.53 bits per heavy atom. The fourth-order valence-electron chi connectivity index (χ4n) is 1.68. The molecule has 0 aromatic heterocycles. The number of hydrogen-bond donors (Lipinski definition) is 1. The highest BCUT2D eigenvalue weighted by molar-refractivity contribution is 6.17. The van der Waals surface area contributed by atoms with Gasteiger partial charge in [-0.05, 0) is 18.9 Å². The van der Waals surface area contributed by atoms with Crippen LogP contribution in [-0.2, 0) is 4.79 Å². The minimum Gasteiger partial charge on any atom is -0.481 e. The van der Waals surface area contributed by atoms with Gasteiger partial charge in [0.2, 0.25) is 0 Å². The highest BCUT2D eigenvalue weighted by Crippen LogP contribution is 2.33. The summed E-state index contributed by atoms with van der Waals surface area (Å²) in [6.45, 7) is 0. The van der Waals surface area contributed by atoms with Crippen LogP contribution in [0, 0.1) is 0 Å². The van der Waals surface area contributed by atoms with E-state index in [4.69, 9.17) is 16.7 Å². The summed E-state index contributed by atoms with van der Waals surface area (Å²) in [5.41, 5.74) is -0.00237. The highest BCUT2D eigenvalue weighted by atomic mass is 35.5. The molecule has 1 atom stereocenters. The topological polar surface area (TPSA) is 46.5 Å². The molecular formula is C12H12ClF3O3. The third-order valence-corrected chi connectivity index (χ3v) is 2.71. The van der Waals surface area contributed by atoms with Crippen molar-refractivity contribution in [2.24, 2.45) is 0 Å². The monoisotopic (exact) mass is 296 g/mol. The van der Waals surface area contributed by atoms with E-state index in [1.54, 1.807) is 0 Å². The summed E-state index contributed by atoms with van der Waals surface area (Å²) in [6, 6.07) is 5.23. The normalized spacial score (nSPS) is 13.1. The van der Waals surface area contributed by atoms with Crippen LogP contribution >= 0.6 is 11.6 Å². The van der Waals surface area contributed by atoms with Crippen molar-refractivity contribution >= 4 is 17.6 Å². The van der Waals surface area contributed by atoms with E-state index in [9.17, 15) is 18.0 Å². The molecule has 0 bridgehead atoms. The summed E-state index contributed by atoms with van der Waals surface area (Å²) in [7, 11) is 0. The number of alkyl halides is 4. The Kier molecular flexibility index (Phi) is 5.47. The van der Waals surface area contributed by atoms with E-state index in [1.807, 2.05) is 0 Å². The molecule has 0 aliphatic rings. The number of hydrogen-bond acceptors (Lipinski definition) is 2. The van der Waals surface area contributed by atoms with Crippen molar-refractivity contribution in [2.75, 3.05) is 5.88 Å². The number of carboxylic acids is 1. The standard InChI is InChI=1S/C12H12ClF3O3/c13-7-3-5-9(11(17)18)8-4-1-2-6-10(8)19-12(14,15)16/h1-2,4,6,9H,3,5,7H2,(H,17,18). The lowest BCUT2D eigenvalue weighted by Crippen LogP contribution is -2.20. The molecule has 106 valence electrons. The van der Waals surface area contributed by atoms with Crippen LogP contribution in [0.25, 0.3) is 0 Å². The number of carboxylic acid groups (broad SMARTS) is 1. The number of benzene rings is 1. The van der Waals surface area contributed by atoms with Gasteiger partial charge in [0, 0.05) is 11.4 Å². The lowest BCUT2D eigenvalue weighted by molar-refractivity contribution is -0.275. The van der Waals surface area contributed by atoms with Crippen LogP contribution in [0.5, 0.6) is 5.75 Å². The van der Waals surface area contributed by atoms with E-state index in [0.29, 0.717) is 6.42 Å². The molecule has 1 N–H and O–H groups in total. The van der Waals surface area contributed by atoms with Crippen LogP contribution in [0.4, 0.5) is 13.2 Å². The third kappa shape index (κ3) is 4.98. The van der Waals surface area contributed by atoms with Crippen molar-refractivity contribution in [3.8, 4) is 5.75 Å². The van der Waals surface area contributed by atoms with Gasteiger partial charge in [-0.25, -0.2) is 0 Å². The zero-order valence-corrected chi connectivity index (χ0v) is 10.5. The molecular weight excluding hydrogens is 285 g/mol. The van der Waals surface area contributed by atoms with Crippen LogP contribution in [0.2, 0.25) is 0 Å². The lowest BCUT2D eigenvalue weighted by Gasteiger charge is -2.17. The predicted molar refractivity (Wildman–Crippen MR) is 63.5 cm³/mol. The first kappa shape index (κ1) is 15.6. The molecule has 0 saturated carbocycles. The molecule has 7 heteroatoms. The number of rotatable bonds is 6. The van der Waals surface area contributed by atoms with Crippen molar-refractivity contribution < 1.29 is 27.8 Å². The second-order valence-electron chi connectivity index (χ2n) is 3.81. The van der Waals surface area contributed by atoms with Gasteiger partial charge in [0.05, 0.1) is 5.92 Å². The Labute approximate surface area is 112 Å². The molecule has 19 heavy (non-hydrogen) atoms. The molecule has 1 aromatic rings. The Morgan fingerprint density at radius 1 is 1.37 bits per heavy atom. The molecule has 0 heterocycles. The summed E-state index contributed by atoms with van der Waals surface area (Å²) < 4.78 is 40.6. The number of para-hydroxylation sites is 1. The lowest BCUT2D eigenvalue weighted by atomic mass is 9.94. The van der Waals surface area contributed by atoms with E-state index < -0.39 is 24.0 Å². The second-order valence-corrected chi connectivity index (χ2v) is 4.19. The minimum absolute atomic E-state index is 0.00237. The van der Waals surface area contributed by atoms with Crippen molar-refractivity contribution in [3.05, 3.63) is 29.8 Å². The van der Waals surface area contributed by atoms with E-state index in [-0.39, 0.29) is 17.9 Å². The van der Waals surface area contributed by atoms with Crippen LogP contribution in [0.3, 0.4) is 0 Å². The molecule has 1 aromatic carbocycles. The van der Waals surface area contributed by atoms with Gasteiger partial charge in [0.1, 0.15) is 5.75 Å². The van der Waals surface area contributed by atoms with Crippen LogP contribution in [-0.4, -0.2) is 23.3 Å². The zero-order valence-electron chi connectivity index (χ0n) is 9.78. The largest absolute Gasteiger partial charge is 0.573 e. The number of carbonyl (C=O) groups is 1. The molecule has 1 rings (SSSR count). The number of halogens is 4. The summed E-state index contributed by atoms with van der Waals surface area (Å²) >= 11 is 5.48. The molecule has 0 spiro atoms. The maximum absolute atomic E-state index is 12.2. The van der Waals surface area contributed by atoms with Gasteiger partial charge in [-0.1, -0.05) is 18.2 Å². The fourth-order valence-corrected chi connectivity index (χ4v) is 1.83. The Hall–Kier alpha value is -1.43. The molecule has 0 saturated heterocycles. The van der Waals surface area contributed by atoms with Gasteiger partial charge in [-0.2, -0.15) is 0 Å². The van der Waals surface area contributed by atoms with Crippen molar-refractivity contribution in [1.29, 1.82) is 0 Å². The van der Waals surface area contributed by atoms with Crippen molar-refractivity contribution in [3.63, 3.8) is 0 Å². The van der Waals surface area contributed by atoms with Crippen molar-refractivity contribution in [1.82, 2.24) is 0 Å². The molecule has 0 radical (unpaired) electrons. The maximum atomic E-state index is 12.2. The second kappa shape index (κ2) is 6.65. The fraction of sp³-hybridized carbons (Fsp3) is 0.417. The summed E-state index contributed by atoms with van der Waals surface area (Å²) in [6.07, 6.45) is -4.32. The quantitative estimate of drug-likeness (QED) is 0.813. The Morgan fingerprint density at radius 2 is 2.00 bits per heavy atom. The van der Waals surface area contributed by atoms with Crippen molar-refractivity contribution in [2.45, 2.75) is 25.1 Å². The van der Waals surface area contributed by atoms with E-state index >= 15 is 0 Å². The highest BCUT2D eigenvalue weighted by Gasteiger charge is 2.33. The van der Waals surface area contributed by atoms with Crippen LogP contribution < -0.4 is 4.74 Å². The average Bonchev–Trinajstić information content (AvgIpc) is 2.29. The summed E-state index contributed by atoms with van der Waals surface area (Å²) in [4.78, 5) is 11.1. The molecule has 0 fully saturated rings. The van der Waals surface area contributed by atoms with Gasteiger partial charge in [0.15, 0.2) is 0 Å². The molecule has 0 aliphatic heterocycles. The Bertz CT molecular complexity index is 434. The van der Waals surface area contributed by atoms with Gasteiger partial charge in [-0.15, -0.1) is 24.8 Å². The Balaban J connectivity index is 3.05. The summed E-state index contributed by atoms with van der Waals surface area (Å²) in [5, 5.41) is 9.10. The van der Waals surface area contributed by atoms with Crippen LogP contribution in [0.15, 0.2) is 24.3 Å². The first-order valence-electron chi connectivity index (χ1n) is 5.48. The molecule has 0 amide bonds. The van der Waals surface area contributed by atoms with E-state index in [0.717, 1.165) is 6.07 Å². The minimum atomic E-state index is -4.86. The van der Waals surface area contributed by atoms with Gasteiger partial charge in [-0.3, -0.25) is 4.79 Å². The number of aliphatic carboxylic acids is 1. The van der Waals surface area contributed by atoms with Gasteiger partial charge >= 0.3 is 12.3 Å². The average molecular weight is 297 g/mol. The maximum Gasteiger partial charge on any atom is 0.573 e. The van der Waals surface area contributed by atoms with Gasteiger partial charge in [0.25, 0.3) is 0 Å². The first-order chi connectivity index (χ1) is 8.85. The molecule has 3 nitrogen and oxygen atoms in total. The number of ether oxygens (including phenoxy) is 1. The van der Waals surface area contributed by atoms with Crippen LogP contribution in [0.1, 0.15) is 24.3 Å². The zero-order chi connectivity index (χ0) is 14.5. The molecule has 1 unspecified atom stereocenters. The molecule has 0 aliphatic carbocycles. The van der Waals surface area contributed by atoms with Gasteiger partial charge < -0.3 is 9.84 Å². The van der Waals surface area contributed by atoms with E-state index in [1.165, 1.54) is 18.2 Å². The van der Waals surface area contributed by atoms with E-state index in [2.05, 4.69) is 4.74 Å². The third-order valence-electron chi connectivity index (χ3n) is 2.44.